The van der Waals surface area contributed by atoms with Crippen LogP contribution in [0.3, 0.4) is 0 Å². The molecule has 0 aromatic heterocycles. The van der Waals surface area contributed by atoms with Crippen molar-refractivity contribution in [3.8, 4) is 0 Å². The zero-order valence-electron chi connectivity index (χ0n) is 8.47. The Labute approximate surface area is 79.7 Å². The van der Waals surface area contributed by atoms with Crippen molar-refractivity contribution in [1.29, 1.82) is 0 Å². The van der Waals surface area contributed by atoms with Crippen molar-refractivity contribution in [2.75, 3.05) is 26.2 Å². The molecule has 1 atom stereocenters. The zero-order valence-corrected chi connectivity index (χ0v) is 8.47. The number of amides is 1. The van der Waals surface area contributed by atoms with Crippen LogP contribution in [-0.4, -0.2) is 37.3 Å². The zero-order chi connectivity index (χ0) is 10.1. The van der Waals surface area contributed by atoms with Gasteiger partial charge in [-0.1, -0.05) is 13.8 Å². The Kier molecular flexibility index (Phi) is 7.63. The van der Waals surface area contributed by atoms with Crippen molar-refractivity contribution < 1.29 is 9.90 Å². The second-order valence-corrected chi connectivity index (χ2v) is 3.20. The summed E-state index contributed by atoms with van der Waals surface area (Å²) in [6.45, 7) is 6.18. The molecule has 0 aromatic carbocycles. The molecule has 3 N–H and O–H groups in total. The number of hydrogen-bond donors (Lipinski definition) is 3. The molecule has 0 rings (SSSR count). The minimum atomic E-state index is 0.0428. The van der Waals surface area contributed by atoms with E-state index in [0.717, 1.165) is 13.1 Å². The third-order valence-electron chi connectivity index (χ3n) is 1.74. The van der Waals surface area contributed by atoms with Gasteiger partial charge in [-0.05, 0) is 12.5 Å². The first-order chi connectivity index (χ1) is 6.20. The second kappa shape index (κ2) is 8.01. The molecule has 0 bridgehead atoms. The van der Waals surface area contributed by atoms with Gasteiger partial charge in [0.2, 0.25) is 5.91 Å². The van der Waals surface area contributed by atoms with Gasteiger partial charge in [0.05, 0.1) is 0 Å². The van der Waals surface area contributed by atoms with E-state index in [9.17, 15) is 4.79 Å². The fraction of sp³-hybridized carbons (Fsp3) is 0.889. The summed E-state index contributed by atoms with van der Waals surface area (Å²) in [6, 6.07) is 0. The van der Waals surface area contributed by atoms with E-state index in [-0.39, 0.29) is 18.4 Å². The van der Waals surface area contributed by atoms with Crippen molar-refractivity contribution >= 4 is 5.91 Å². The van der Waals surface area contributed by atoms with Crippen LogP contribution in [0.25, 0.3) is 0 Å². The van der Waals surface area contributed by atoms with Gasteiger partial charge in [-0.15, -0.1) is 0 Å². The monoisotopic (exact) mass is 188 g/mol. The third-order valence-corrected chi connectivity index (χ3v) is 1.74. The Bertz CT molecular complexity index is 140. The smallest absolute Gasteiger partial charge is 0.221 e. The Balaban J connectivity index is 3.30. The van der Waals surface area contributed by atoms with Crippen LogP contribution in [0.1, 0.15) is 20.3 Å². The summed E-state index contributed by atoms with van der Waals surface area (Å²) < 4.78 is 0. The van der Waals surface area contributed by atoms with Gasteiger partial charge >= 0.3 is 0 Å². The normalized spacial score (nSPS) is 12.5. The number of carbonyl (C=O) groups is 1. The molecule has 0 heterocycles. The largest absolute Gasteiger partial charge is 0.396 e. The van der Waals surface area contributed by atoms with Gasteiger partial charge in [-0.25, -0.2) is 0 Å². The van der Waals surface area contributed by atoms with Gasteiger partial charge < -0.3 is 15.7 Å². The highest BCUT2D eigenvalue weighted by Gasteiger charge is 2.03. The van der Waals surface area contributed by atoms with Crippen LogP contribution in [0, 0.1) is 5.92 Å². The standard InChI is InChI=1S/C9H20N2O2/c1-3-10-5-4-9(13)11-6-8(2)7-12/h8,10,12H,3-7H2,1-2H3,(H,11,13). The molecule has 0 saturated heterocycles. The minimum Gasteiger partial charge on any atom is -0.396 e. The Morgan fingerprint density at radius 3 is 2.77 bits per heavy atom. The summed E-state index contributed by atoms with van der Waals surface area (Å²) in [5, 5.41) is 14.5. The second-order valence-electron chi connectivity index (χ2n) is 3.20. The fourth-order valence-electron chi connectivity index (χ4n) is 0.820. The van der Waals surface area contributed by atoms with Crippen molar-refractivity contribution in [2.24, 2.45) is 5.92 Å². The van der Waals surface area contributed by atoms with Crippen molar-refractivity contribution in [3.05, 3.63) is 0 Å². The summed E-state index contributed by atoms with van der Waals surface area (Å²) in [5.74, 6) is 0.185. The van der Waals surface area contributed by atoms with E-state index in [4.69, 9.17) is 5.11 Å². The van der Waals surface area contributed by atoms with Crippen molar-refractivity contribution in [1.82, 2.24) is 10.6 Å². The number of rotatable bonds is 7. The Morgan fingerprint density at radius 1 is 1.54 bits per heavy atom. The van der Waals surface area contributed by atoms with Gasteiger partial charge in [0.1, 0.15) is 0 Å². The molecule has 1 amide bonds. The predicted molar refractivity (Wildman–Crippen MR) is 52.4 cm³/mol. The first-order valence-electron chi connectivity index (χ1n) is 4.79. The summed E-state index contributed by atoms with van der Waals surface area (Å²) >= 11 is 0. The van der Waals surface area contributed by atoms with Crippen LogP contribution in [0.5, 0.6) is 0 Å². The van der Waals surface area contributed by atoms with Crippen molar-refractivity contribution in [2.45, 2.75) is 20.3 Å². The van der Waals surface area contributed by atoms with Gasteiger partial charge in [0.25, 0.3) is 0 Å². The molecule has 0 spiro atoms. The highest BCUT2D eigenvalue weighted by Crippen LogP contribution is 1.89. The molecule has 4 nitrogen and oxygen atoms in total. The number of hydrogen-bond acceptors (Lipinski definition) is 3. The molecule has 1 unspecified atom stereocenters. The predicted octanol–water partition coefficient (Wildman–Crippen LogP) is -0.269. The summed E-state index contributed by atoms with van der Waals surface area (Å²) in [7, 11) is 0. The van der Waals surface area contributed by atoms with E-state index in [2.05, 4.69) is 10.6 Å². The highest BCUT2D eigenvalue weighted by atomic mass is 16.3. The number of nitrogens with one attached hydrogen (secondary N) is 2. The average molecular weight is 188 g/mol. The average Bonchev–Trinajstić information content (AvgIpc) is 2.14. The van der Waals surface area contributed by atoms with E-state index in [1.165, 1.54) is 0 Å². The van der Waals surface area contributed by atoms with E-state index in [1.807, 2.05) is 13.8 Å². The minimum absolute atomic E-state index is 0.0428. The molecular formula is C9H20N2O2. The van der Waals surface area contributed by atoms with Crippen LogP contribution in [0.15, 0.2) is 0 Å². The molecule has 0 aliphatic rings. The molecule has 78 valence electrons. The lowest BCUT2D eigenvalue weighted by Crippen LogP contribution is -2.31. The quantitative estimate of drug-likeness (QED) is 0.482. The van der Waals surface area contributed by atoms with Gasteiger partial charge in [0.15, 0.2) is 0 Å². The first kappa shape index (κ1) is 12.4. The van der Waals surface area contributed by atoms with E-state index in [1.54, 1.807) is 0 Å². The Morgan fingerprint density at radius 2 is 2.23 bits per heavy atom. The molecule has 0 aliphatic carbocycles. The number of aliphatic hydroxyl groups excluding tert-OH is 1. The summed E-state index contributed by atoms with van der Waals surface area (Å²) in [4.78, 5) is 11.1. The molecule has 0 saturated carbocycles. The SMILES string of the molecule is CCNCCC(=O)NCC(C)CO. The van der Waals surface area contributed by atoms with Crippen molar-refractivity contribution in [3.63, 3.8) is 0 Å². The van der Waals surface area contributed by atoms with Gasteiger partial charge in [-0.3, -0.25) is 4.79 Å². The third kappa shape index (κ3) is 7.74. The lowest BCUT2D eigenvalue weighted by molar-refractivity contribution is -0.121. The van der Waals surface area contributed by atoms with Gasteiger partial charge in [-0.2, -0.15) is 0 Å². The molecule has 4 heteroatoms. The highest BCUT2D eigenvalue weighted by molar-refractivity contribution is 5.76. The maximum absolute atomic E-state index is 11.1. The van der Waals surface area contributed by atoms with Crippen LogP contribution < -0.4 is 10.6 Å². The van der Waals surface area contributed by atoms with E-state index >= 15 is 0 Å². The fourth-order valence-corrected chi connectivity index (χ4v) is 0.820. The van der Waals surface area contributed by atoms with Crippen LogP contribution >= 0.6 is 0 Å². The molecular weight excluding hydrogens is 168 g/mol. The molecule has 0 aromatic rings. The molecule has 0 radical (unpaired) electrons. The topological polar surface area (TPSA) is 61.4 Å². The first-order valence-corrected chi connectivity index (χ1v) is 4.79. The van der Waals surface area contributed by atoms with Crippen LogP contribution in [0.2, 0.25) is 0 Å². The number of aliphatic hydroxyl groups is 1. The molecule has 0 aliphatic heterocycles. The summed E-state index contributed by atoms with van der Waals surface area (Å²) in [5.41, 5.74) is 0. The lowest BCUT2D eigenvalue weighted by Gasteiger charge is -2.09. The summed E-state index contributed by atoms with van der Waals surface area (Å²) in [6.07, 6.45) is 0.506. The molecule has 0 fully saturated rings. The molecule has 13 heavy (non-hydrogen) atoms. The van der Waals surface area contributed by atoms with E-state index < -0.39 is 0 Å². The van der Waals surface area contributed by atoms with Gasteiger partial charge in [0, 0.05) is 26.1 Å². The van der Waals surface area contributed by atoms with Crippen LogP contribution in [-0.2, 0) is 4.79 Å². The maximum atomic E-state index is 11.1. The number of carbonyl (C=O) groups excluding carboxylic acids is 1. The maximum Gasteiger partial charge on any atom is 0.221 e. The van der Waals surface area contributed by atoms with Crippen LogP contribution in [0.4, 0.5) is 0 Å². The lowest BCUT2D eigenvalue weighted by atomic mass is 10.2. The Hall–Kier alpha value is -0.610. The van der Waals surface area contributed by atoms with E-state index in [0.29, 0.717) is 13.0 Å².